The summed E-state index contributed by atoms with van der Waals surface area (Å²) in [7, 11) is 1.69. The summed E-state index contributed by atoms with van der Waals surface area (Å²) in [6.45, 7) is 2.18. The molecule has 3 aromatic rings. The second-order valence-corrected chi connectivity index (χ2v) is 5.90. The maximum atomic E-state index is 5.25. The van der Waals surface area contributed by atoms with Gasteiger partial charge in [-0.25, -0.2) is 0 Å². The summed E-state index contributed by atoms with van der Waals surface area (Å²) < 4.78 is 6.59. The minimum Gasteiger partial charge on any atom is -0.497 e. The van der Waals surface area contributed by atoms with Crippen LogP contribution in [0.25, 0.3) is 10.1 Å². The molecule has 2 aromatic carbocycles. The number of hydrogen-bond donors (Lipinski definition) is 1. The summed E-state index contributed by atoms with van der Waals surface area (Å²) in [6, 6.07) is 19.1. The van der Waals surface area contributed by atoms with Gasteiger partial charge in [0.1, 0.15) is 5.75 Å². The zero-order valence-electron chi connectivity index (χ0n) is 11.6. The van der Waals surface area contributed by atoms with E-state index in [-0.39, 0.29) is 6.04 Å². The molecule has 0 aliphatic heterocycles. The molecule has 0 radical (unpaired) electrons. The first-order chi connectivity index (χ1) is 9.76. The molecule has 3 rings (SSSR count). The lowest BCUT2D eigenvalue weighted by Crippen LogP contribution is -2.04. The van der Waals surface area contributed by atoms with Crippen molar-refractivity contribution in [1.82, 2.24) is 0 Å². The second-order valence-electron chi connectivity index (χ2n) is 4.78. The van der Waals surface area contributed by atoms with Gasteiger partial charge in [0.15, 0.2) is 0 Å². The van der Waals surface area contributed by atoms with Gasteiger partial charge in [-0.3, -0.25) is 0 Å². The van der Waals surface area contributed by atoms with Gasteiger partial charge in [0.05, 0.1) is 13.2 Å². The van der Waals surface area contributed by atoms with Crippen LogP contribution >= 0.6 is 11.3 Å². The van der Waals surface area contributed by atoms with E-state index in [4.69, 9.17) is 4.74 Å². The van der Waals surface area contributed by atoms with Crippen molar-refractivity contribution < 1.29 is 4.74 Å². The Balaban J connectivity index is 1.82. The monoisotopic (exact) mass is 283 g/mol. The molecule has 0 saturated heterocycles. The molecule has 3 heteroatoms. The number of ether oxygens (including phenoxy) is 1. The Kier molecular flexibility index (Phi) is 3.61. The fourth-order valence-electron chi connectivity index (χ4n) is 2.25. The predicted octanol–water partition coefficient (Wildman–Crippen LogP) is 5.08. The number of benzene rings is 2. The molecule has 2 nitrogen and oxygen atoms in total. The highest BCUT2D eigenvalue weighted by atomic mass is 32.1. The van der Waals surface area contributed by atoms with Gasteiger partial charge < -0.3 is 10.1 Å². The van der Waals surface area contributed by atoms with Crippen LogP contribution in [0.1, 0.15) is 17.8 Å². The number of fused-ring (bicyclic) bond motifs is 1. The van der Waals surface area contributed by atoms with E-state index in [9.17, 15) is 0 Å². The zero-order valence-corrected chi connectivity index (χ0v) is 12.4. The minimum absolute atomic E-state index is 0.277. The molecule has 0 aliphatic carbocycles. The first kappa shape index (κ1) is 13.0. The third-order valence-corrected chi connectivity index (χ3v) is 4.62. The summed E-state index contributed by atoms with van der Waals surface area (Å²) in [5.41, 5.74) is 1.08. The van der Waals surface area contributed by atoms with Crippen LogP contribution in [0.2, 0.25) is 0 Å². The van der Waals surface area contributed by atoms with E-state index in [1.807, 2.05) is 29.5 Å². The smallest absolute Gasteiger partial charge is 0.120 e. The van der Waals surface area contributed by atoms with Gasteiger partial charge >= 0.3 is 0 Å². The van der Waals surface area contributed by atoms with Gasteiger partial charge in [0.25, 0.3) is 0 Å². The molecule has 102 valence electrons. The zero-order chi connectivity index (χ0) is 13.9. The number of anilines is 1. The molecule has 0 aliphatic rings. The topological polar surface area (TPSA) is 21.3 Å². The summed E-state index contributed by atoms with van der Waals surface area (Å²) in [6.07, 6.45) is 0. The Bertz CT molecular complexity index is 687. The fraction of sp³-hybridized carbons (Fsp3) is 0.176. The van der Waals surface area contributed by atoms with Crippen molar-refractivity contribution in [3.05, 3.63) is 59.5 Å². The molecular formula is C17H17NOS. The Hall–Kier alpha value is -2.00. The average molecular weight is 283 g/mol. The highest BCUT2D eigenvalue weighted by molar-refractivity contribution is 7.19. The highest BCUT2D eigenvalue weighted by Gasteiger charge is 2.09. The van der Waals surface area contributed by atoms with E-state index in [0.29, 0.717) is 0 Å². The number of nitrogens with one attached hydrogen (secondary N) is 1. The third kappa shape index (κ3) is 2.63. The second kappa shape index (κ2) is 5.55. The lowest BCUT2D eigenvalue weighted by atomic mass is 10.2. The quantitative estimate of drug-likeness (QED) is 0.720. The standard InChI is InChI=1S/C17H17NOS/c1-12(18-14-7-5-8-15(11-14)19-2)17-10-13-6-3-4-9-16(13)20-17/h3-12,18H,1-2H3. The third-order valence-electron chi connectivity index (χ3n) is 3.32. The predicted molar refractivity (Wildman–Crippen MR) is 86.9 cm³/mol. The van der Waals surface area contributed by atoms with Crippen LogP contribution in [0, 0.1) is 0 Å². The van der Waals surface area contributed by atoms with E-state index < -0.39 is 0 Å². The Morgan fingerprint density at radius 2 is 1.90 bits per heavy atom. The normalized spacial score (nSPS) is 12.3. The van der Waals surface area contributed by atoms with Crippen molar-refractivity contribution in [2.24, 2.45) is 0 Å². The SMILES string of the molecule is COc1cccc(NC(C)c2cc3ccccc3s2)c1. The number of hydrogen-bond acceptors (Lipinski definition) is 3. The van der Waals surface area contributed by atoms with Crippen molar-refractivity contribution in [3.63, 3.8) is 0 Å². The maximum Gasteiger partial charge on any atom is 0.120 e. The number of methoxy groups -OCH3 is 1. The van der Waals surface area contributed by atoms with Crippen molar-refractivity contribution in [1.29, 1.82) is 0 Å². The summed E-state index contributed by atoms with van der Waals surface area (Å²) in [5, 5.41) is 4.84. The van der Waals surface area contributed by atoms with Crippen LogP contribution in [0.3, 0.4) is 0 Å². The van der Waals surface area contributed by atoms with E-state index >= 15 is 0 Å². The van der Waals surface area contributed by atoms with Crippen LogP contribution in [-0.4, -0.2) is 7.11 Å². The Morgan fingerprint density at radius 3 is 2.70 bits per heavy atom. The van der Waals surface area contributed by atoms with Gasteiger partial charge in [0, 0.05) is 21.3 Å². The van der Waals surface area contributed by atoms with E-state index in [2.05, 4.69) is 48.6 Å². The number of thiophene rings is 1. The van der Waals surface area contributed by atoms with Gasteiger partial charge in [-0.2, -0.15) is 0 Å². The van der Waals surface area contributed by atoms with Crippen LogP contribution in [0.4, 0.5) is 5.69 Å². The van der Waals surface area contributed by atoms with Gasteiger partial charge in [-0.15, -0.1) is 11.3 Å². The van der Waals surface area contributed by atoms with Gasteiger partial charge in [-0.05, 0) is 36.6 Å². The number of rotatable bonds is 4. The molecule has 1 aromatic heterocycles. The molecular weight excluding hydrogens is 266 g/mol. The van der Waals surface area contributed by atoms with E-state index in [1.54, 1.807) is 7.11 Å². The first-order valence-corrected chi connectivity index (χ1v) is 7.47. The lowest BCUT2D eigenvalue weighted by Gasteiger charge is -2.14. The summed E-state index contributed by atoms with van der Waals surface area (Å²) in [4.78, 5) is 1.34. The fourth-order valence-corrected chi connectivity index (χ4v) is 3.32. The highest BCUT2D eigenvalue weighted by Crippen LogP contribution is 2.31. The average Bonchev–Trinajstić information content (AvgIpc) is 2.91. The van der Waals surface area contributed by atoms with Crippen LogP contribution in [-0.2, 0) is 0 Å². The molecule has 0 amide bonds. The van der Waals surface area contributed by atoms with E-state index in [1.165, 1.54) is 15.0 Å². The molecule has 0 spiro atoms. The first-order valence-electron chi connectivity index (χ1n) is 6.65. The molecule has 0 saturated carbocycles. The molecule has 0 fully saturated rings. The van der Waals surface area contributed by atoms with Crippen LogP contribution in [0.5, 0.6) is 5.75 Å². The maximum absolute atomic E-state index is 5.25. The largest absolute Gasteiger partial charge is 0.497 e. The molecule has 1 unspecified atom stereocenters. The molecule has 1 N–H and O–H groups in total. The minimum atomic E-state index is 0.277. The van der Waals surface area contributed by atoms with Crippen molar-refractivity contribution >= 4 is 27.1 Å². The van der Waals surface area contributed by atoms with Crippen molar-refractivity contribution in [3.8, 4) is 5.75 Å². The van der Waals surface area contributed by atoms with Crippen molar-refractivity contribution in [2.75, 3.05) is 12.4 Å². The Labute approximate surface area is 123 Å². The molecule has 1 heterocycles. The summed E-state index contributed by atoms with van der Waals surface area (Å²) in [5.74, 6) is 0.874. The van der Waals surface area contributed by atoms with Gasteiger partial charge in [0.2, 0.25) is 0 Å². The molecule has 1 atom stereocenters. The lowest BCUT2D eigenvalue weighted by molar-refractivity contribution is 0.415. The van der Waals surface area contributed by atoms with Crippen molar-refractivity contribution in [2.45, 2.75) is 13.0 Å². The van der Waals surface area contributed by atoms with Crippen LogP contribution < -0.4 is 10.1 Å². The molecule has 20 heavy (non-hydrogen) atoms. The van der Waals surface area contributed by atoms with Gasteiger partial charge in [-0.1, -0.05) is 24.3 Å². The van der Waals surface area contributed by atoms with Crippen LogP contribution in [0.15, 0.2) is 54.6 Å². The Morgan fingerprint density at radius 1 is 1.05 bits per heavy atom. The molecule has 0 bridgehead atoms. The summed E-state index contributed by atoms with van der Waals surface area (Å²) >= 11 is 1.84. The van der Waals surface area contributed by atoms with E-state index in [0.717, 1.165) is 11.4 Å².